The zero-order valence-corrected chi connectivity index (χ0v) is 11.3. The highest BCUT2D eigenvalue weighted by Gasteiger charge is 2.09. The SMILES string of the molecule is CCOc1cccc(-c2ccc3c(c2)CCCN3)c1. The Balaban J connectivity index is 1.95. The molecule has 0 radical (unpaired) electrons. The van der Waals surface area contributed by atoms with E-state index < -0.39 is 0 Å². The van der Waals surface area contributed by atoms with Crippen molar-refractivity contribution in [2.75, 3.05) is 18.5 Å². The van der Waals surface area contributed by atoms with Gasteiger partial charge >= 0.3 is 0 Å². The summed E-state index contributed by atoms with van der Waals surface area (Å²) in [5.41, 5.74) is 5.20. The minimum absolute atomic E-state index is 0.706. The molecule has 0 aromatic heterocycles. The third-order valence-corrected chi connectivity index (χ3v) is 3.52. The third-order valence-electron chi connectivity index (χ3n) is 3.52. The fraction of sp³-hybridized carbons (Fsp3) is 0.294. The highest BCUT2D eigenvalue weighted by atomic mass is 16.5. The number of rotatable bonds is 3. The van der Waals surface area contributed by atoms with E-state index in [9.17, 15) is 0 Å². The number of aryl methyl sites for hydroxylation is 1. The molecule has 1 aliphatic heterocycles. The van der Waals surface area contributed by atoms with Crippen LogP contribution in [0.5, 0.6) is 5.75 Å². The maximum absolute atomic E-state index is 5.57. The topological polar surface area (TPSA) is 21.3 Å². The molecule has 0 saturated carbocycles. The van der Waals surface area contributed by atoms with Gasteiger partial charge in [-0.1, -0.05) is 18.2 Å². The van der Waals surface area contributed by atoms with Crippen molar-refractivity contribution < 1.29 is 4.74 Å². The highest BCUT2D eigenvalue weighted by Crippen LogP contribution is 2.29. The van der Waals surface area contributed by atoms with Crippen LogP contribution in [0, 0.1) is 0 Å². The molecule has 19 heavy (non-hydrogen) atoms. The first-order valence-electron chi connectivity index (χ1n) is 6.97. The van der Waals surface area contributed by atoms with Crippen LogP contribution in [0.15, 0.2) is 42.5 Å². The van der Waals surface area contributed by atoms with E-state index >= 15 is 0 Å². The van der Waals surface area contributed by atoms with Crippen molar-refractivity contribution >= 4 is 5.69 Å². The standard InChI is InChI=1S/C17H19NO/c1-2-19-16-7-3-5-13(12-16)14-8-9-17-15(11-14)6-4-10-18-17/h3,5,7-9,11-12,18H,2,4,6,10H2,1H3. The Morgan fingerprint density at radius 2 is 2.00 bits per heavy atom. The molecule has 0 aliphatic carbocycles. The second kappa shape index (κ2) is 5.35. The molecule has 1 N–H and O–H groups in total. The van der Waals surface area contributed by atoms with Crippen LogP contribution in [0.4, 0.5) is 5.69 Å². The summed E-state index contributed by atoms with van der Waals surface area (Å²) in [4.78, 5) is 0. The number of fused-ring (bicyclic) bond motifs is 1. The van der Waals surface area contributed by atoms with Crippen LogP contribution in [0.3, 0.4) is 0 Å². The van der Waals surface area contributed by atoms with E-state index in [0.29, 0.717) is 6.61 Å². The van der Waals surface area contributed by atoms with Gasteiger partial charge in [0.05, 0.1) is 6.61 Å². The summed E-state index contributed by atoms with van der Waals surface area (Å²) >= 11 is 0. The summed E-state index contributed by atoms with van der Waals surface area (Å²) < 4.78 is 5.57. The molecule has 0 amide bonds. The van der Waals surface area contributed by atoms with Gasteiger partial charge in [-0.25, -0.2) is 0 Å². The molecule has 0 spiro atoms. The largest absolute Gasteiger partial charge is 0.494 e. The molecule has 0 unspecified atom stereocenters. The van der Waals surface area contributed by atoms with Gasteiger partial charge in [0, 0.05) is 12.2 Å². The zero-order chi connectivity index (χ0) is 13.1. The van der Waals surface area contributed by atoms with Gasteiger partial charge in [-0.05, 0) is 60.7 Å². The Hall–Kier alpha value is -1.96. The molecule has 2 heteroatoms. The van der Waals surface area contributed by atoms with E-state index in [1.54, 1.807) is 0 Å². The van der Waals surface area contributed by atoms with E-state index in [1.807, 2.05) is 13.0 Å². The van der Waals surface area contributed by atoms with Crippen LogP contribution < -0.4 is 10.1 Å². The molecule has 0 fully saturated rings. The molecule has 2 aromatic rings. The molecule has 2 aromatic carbocycles. The highest BCUT2D eigenvalue weighted by molar-refractivity contribution is 5.70. The molecule has 0 atom stereocenters. The van der Waals surface area contributed by atoms with Gasteiger partial charge in [0.25, 0.3) is 0 Å². The van der Waals surface area contributed by atoms with Gasteiger partial charge < -0.3 is 10.1 Å². The quantitative estimate of drug-likeness (QED) is 0.888. The maximum Gasteiger partial charge on any atom is 0.119 e. The van der Waals surface area contributed by atoms with Gasteiger partial charge in [0.2, 0.25) is 0 Å². The van der Waals surface area contributed by atoms with Crippen molar-refractivity contribution in [2.45, 2.75) is 19.8 Å². The van der Waals surface area contributed by atoms with Crippen LogP contribution >= 0.6 is 0 Å². The summed E-state index contributed by atoms with van der Waals surface area (Å²) in [6.07, 6.45) is 2.39. The maximum atomic E-state index is 5.57. The van der Waals surface area contributed by atoms with Crippen molar-refractivity contribution in [1.29, 1.82) is 0 Å². The van der Waals surface area contributed by atoms with E-state index in [-0.39, 0.29) is 0 Å². The second-order valence-electron chi connectivity index (χ2n) is 4.86. The number of nitrogens with one attached hydrogen (secondary N) is 1. The third kappa shape index (κ3) is 2.58. The molecule has 0 saturated heterocycles. The Kier molecular flexibility index (Phi) is 3.41. The predicted octanol–water partition coefficient (Wildman–Crippen LogP) is 4.11. The first-order valence-corrected chi connectivity index (χ1v) is 6.97. The Morgan fingerprint density at radius 1 is 1.11 bits per heavy atom. The zero-order valence-electron chi connectivity index (χ0n) is 11.3. The van der Waals surface area contributed by atoms with Crippen LogP contribution in [-0.2, 0) is 6.42 Å². The Morgan fingerprint density at radius 3 is 2.89 bits per heavy atom. The minimum atomic E-state index is 0.706. The van der Waals surface area contributed by atoms with Crippen LogP contribution in [0.1, 0.15) is 18.9 Å². The monoisotopic (exact) mass is 253 g/mol. The average Bonchev–Trinajstić information content (AvgIpc) is 2.47. The molecule has 0 bridgehead atoms. The Bertz CT molecular complexity index is 577. The summed E-state index contributed by atoms with van der Waals surface area (Å²) in [5.74, 6) is 0.941. The van der Waals surface area contributed by atoms with Crippen LogP contribution in [0.25, 0.3) is 11.1 Å². The van der Waals surface area contributed by atoms with Gasteiger partial charge in [-0.2, -0.15) is 0 Å². The van der Waals surface area contributed by atoms with Gasteiger partial charge in [-0.3, -0.25) is 0 Å². The lowest BCUT2D eigenvalue weighted by molar-refractivity contribution is 0.340. The molecular weight excluding hydrogens is 234 g/mol. The fourth-order valence-electron chi connectivity index (χ4n) is 2.59. The average molecular weight is 253 g/mol. The number of hydrogen-bond donors (Lipinski definition) is 1. The lowest BCUT2D eigenvalue weighted by Crippen LogP contribution is -2.11. The first-order chi connectivity index (χ1) is 9.36. The summed E-state index contributed by atoms with van der Waals surface area (Å²) in [5, 5.41) is 3.45. The van der Waals surface area contributed by atoms with Crippen molar-refractivity contribution in [3.63, 3.8) is 0 Å². The summed E-state index contributed by atoms with van der Waals surface area (Å²) in [7, 11) is 0. The van der Waals surface area contributed by atoms with Gasteiger partial charge in [0.15, 0.2) is 0 Å². The number of benzene rings is 2. The van der Waals surface area contributed by atoms with Crippen molar-refractivity contribution in [3.05, 3.63) is 48.0 Å². The van der Waals surface area contributed by atoms with Crippen molar-refractivity contribution in [3.8, 4) is 16.9 Å². The lowest BCUT2D eigenvalue weighted by atomic mass is 9.97. The molecule has 2 nitrogen and oxygen atoms in total. The molecule has 98 valence electrons. The van der Waals surface area contributed by atoms with Gasteiger partial charge in [-0.15, -0.1) is 0 Å². The van der Waals surface area contributed by atoms with E-state index in [2.05, 4.69) is 41.7 Å². The van der Waals surface area contributed by atoms with Gasteiger partial charge in [0.1, 0.15) is 5.75 Å². The number of ether oxygens (including phenoxy) is 1. The summed E-state index contributed by atoms with van der Waals surface area (Å²) in [6, 6.07) is 15.0. The summed E-state index contributed by atoms with van der Waals surface area (Å²) in [6.45, 7) is 3.81. The van der Waals surface area contributed by atoms with Crippen LogP contribution in [0.2, 0.25) is 0 Å². The first kappa shape index (κ1) is 12.1. The minimum Gasteiger partial charge on any atom is -0.494 e. The molecular formula is C17H19NO. The second-order valence-corrected chi connectivity index (χ2v) is 4.86. The van der Waals surface area contributed by atoms with E-state index in [0.717, 1.165) is 12.3 Å². The molecule has 1 heterocycles. The fourth-order valence-corrected chi connectivity index (χ4v) is 2.59. The van der Waals surface area contributed by atoms with E-state index in [1.165, 1.54) is 35.2 Å². The number of anilines is 1. The normalized spacial score (nSPS) is 13.5. The molecule has 3 rings (SSSR count). The molecule has 1 aliphatic rings. The smallest absolute Gasteiger partial charge is 0.119 e. The predicted molar refractivity (Wildman–Crippen MR) is 79.9 cm³/mol. The Labute approximate surface area is 114 Å². The van der Waals surface area contributed by atoms with Crippen molar-refractivity contribution in [2.24, 2.45) is 0 Å². The lowest BCUT2D eigenvalue weighted by Gasteiger charge is -2.18. The van der Waals surface area contributed by atoms with Crippen molar-refractivity contribution in [1.82, 2.24) is 0 Å². The number of hydrogen-bond acceptors (Lipinski definition) is 2. The van der Waals surface area contributed by atoms with Crippen LogP contribution in [-0.4, -0.2) is 13.2 Å². The van der Waals surface area contributed by atoms with E-state index in [4.69, 9.17) is 4.74 Å².